The molecule has 2 heterocycles. The molecule has 2 saturated heterocycles. The minimum atomic E-state index is -0.379. The Balaban J connectivity index is 1.01. The molecule has 3 aromatic carbocycles. The topological polar surface area (TPSA) is 71.1 Å². The number of benzene rings is 3. The highest BCUT2D eigenvalue weighted by molar-refractivity contribution is 5.94. The second-order valence-corrected chi connectivity index (χ2v) is 11.3. The number of likely N-dealkylation sites (tertiary alicyclic amines) is 2. The summed E-state index contributed by atoms with van der Waals surface area (Å²) in [7, 11) is 2.14. The molecule has 2 aliphatic heterocycles. The summed E-state index contributed by atoms with van der Waals surface area (Å²) in [5.41, 5.74) is 4.25. The lowest BCUT2D eigenvalue weighted by Gasteiger charge is -2.35. The highest BCUT2D eigenvalue weighted by Gasteiger charge is 2.28. The molecule has 2 fully saturated rings. The van der Waals surface area contributed by atoms with Crippen molar-refractivity contribution < 1.29 is 9.90 Å². The first kappa shape index (κ1) is 28.3. The van der Waals surface area contributed by atoms with E-state index in [4.69, 9.17) is 0 Å². The molecule has 7 heteroatoms. The van der Waals surface area contributed by atoms with E-state index in [9.17, 15) is 9.90 Å². The van der Waals surface area contributed by atoms with Gasteiger partial charge in [-0.1, -0.05) is 78.9 Å². The van der Waals surface area contributed by atoms with E-state index >= 15 is 0 Å². The van der Waals surface area contributed by atoms with Crippen molar-refractivity contribution in [3.63, 3.8) is 0 Å². The monoisotopic (exact) mass is 541 g/mol. The number of aliphatic hydroxyl groups is 1. The average Bonchev–Trinajstić information content (AvgIpc) is 3.44. The van der Waals surface area contributed by atoms with Gasteiger partial charge in [-0.25, -0.2) is 4.79 Å². The average molecular weight is 542 g/mol. The van der Waals surface area contributed by atoms with Crippen LogP contribution in [0.4, 0.5) is 10.5 Å². The number of anilines is 1. The van der Waals surface area contributed by atoms with E-state index in [1.807, 2.05) is 42.5 Å². The van der Waals surface area contributed by atoms with Gasteiger partial charge >= 0.3 is 6.03 Å². The molecule has 3 aromatic rings. The van der Waals surface area contributed by atoms with Gasteiger partial charge in [-0.2, -0.15) is 0 Å². The van der Waals surface area contributed by atoms with E-state index in [0.29, 0.717) is 19.1 Å². The molecule has 0 radical (unpaired) electrons. The number of hydrogen-bond acceptors (Lipinski definition) is 5. The van der Waals surface area contributed by atoms with Crippen LogP contribution in [0.5, 0.6) is 0 Å². The Kier molecular flexibility index (Phi) is 9.84. The lowest BCUT2D eigenvalue weighted by atomic mass is 10.0. The number of rotatable bonds is 10. The third kappa shape index (κ3) is 7.92. The van der Waals surface area contributed by atoms with E-state index < -0.39 is 0 Å². The van der Waals surface area contributed by atoms with Crippen LogP contribution in [0, 0.1) is 0 Å². The number of para-hydroxylation sites is 1. The molecule has 0 saturated carbocycles. The van der Waals surface area contributed by atoms with Gasteiger partial charge in [-0.05, 0) is 43.5 Å². The van der Waals surface area contributed by atoms with Crippen LogP contribution in [-0.4, -0.2) is 90.3 Å². The lowest BCUT2D eigenvalue weighted by molar-refractivity contribution is 0.0598. The predicted molar refractivity (Wildman–Crippen MR) is 162 cm³/mol. The van der Waals surface area contributed by atoms with Crippen molar-refractivity contribution in [3.8, 4) is 11.1 Å². The Morgan fingerprint density at radius 3 is 2.30 bits per heavy atom. The zero-order chi connectivity index (χ0) is 27.7. The van der Waals surface area contributed by atoms with Crippen LogP contribution in [0.25, 0.3) is 11.1 Å². The Hall–Kier alpha value is -3.23. The van der Waals surface area contributed by atoms with Crippen LogP contribution >= 0.6 is 0 Å². The van der Waals surface area contributed by atoms with E-state index in [1.54, 1.807) is 0 Å². The third-order valence-corrected chi connectivity index (χ3v) is 8.27. The fraction of sp³-hybridized carbons (Fsp3) is 0.424. The second kappa shape index (κ2) is 13.9. The molecule has 0 aromatic heterocycles. The summed E-state index contributed by atoms with van der Waals surface area (Å²) in [4.78, 5) is 20.0. The van der Waals surface area contributed by atoms with Crippen molar-refractivity contribution >= 4 is 11.7 Å². The minimum absolute atomic E-state index is 0.133. The molecule has 1 unspecified atom stereocenters. The van der Waals surface area contributed by atoms with Crippen molar-refractivity contribution in [2.45, 2.75) is 44.0 Å². The largest absolute Gasteiger partial charge is 0.390 e. The zero-order valence-electron chi connectivity index (χ0n) is 23.6. The Morgan fingerprint density at radius 2 is 1.55 bits per heavy atom. The summed E-state index contributed by atoms with van der Waals surface area (Å²) in [5, 5.41) is 17.1. The smallest absolute Gasteiger partial charge is 0.319 e. The highest BCUT2D eigenvalue weighted by atomic mass is 16.3. The maximum Gasteiger partial charge on any atom is 0.319 e. The fourth-order valence-electron chi connectivity index (χ4n) is 6.06. The first-order valence-corrected chi connectivity index (χ1v) is 14.6. The van der Waals surface area contributed by atoms with Gasteiger partial charge in [0.2, 0.25) is 0 Å². The van der Waals surface area contributed by atoms with Gasteiger partial charge in [0.15, 0.2) is 0 Å². The van der Waals surface area contributed by atoms with Crippen LogP contribution in [0.2, 0.25) is 0 Å². The van der Waals surface area contributed by atoms with Gasteiger partial charge in [0, 0.05) is 63.5 Å². The SMILES string of the molecule is CN(CC(O)CN1CCC(NC(=O)Nc2ccccc2-c2ccccc2)CC1)[C@H]1CCN(Cc2ccccc2)C1. The first-order chi connectivity index (χ1) is 19.5. The van der Waals surface area contributed by atoms with Crippen LogP contribution in [0.1, 0.15) is 24.8 Å². The zero-order valence-corrected chi connectivity index (χ0v) is 23.6. The maximum atomic E-state index is 12.8. The number of likely N-dealkylation sites (N-methyl/N-ethyl adjacent to an activating group) is 1. The summed E-state index contributed by atoms with van der Waals surface area (Å²) in [6.07, 6.45) is 2.53. The van der Waals surface area contributed by atoms with Crippen LogP contribution in [0.3, 0.4) is 0 Å². The molecule has 2 aliphatic rings. The van der Waals surface area contributed by atoms with E-state index in [0.717, 1.165) is 68.8 Å². The molecule has 212 valence electrons. The number of piperidine rings is 1. The predicted octanol–water partition coefficient (Wildman–Crippen LogP) is 4.51. The molecule has 0 bridgehead atoms. The molecule has 0 aliphatic carbocycles. The number of carbonyl (C=O) groups is 1. The van der Waals surface area contributed by atoms with Crippen molar-refractivity contribution in [2.75, 3.05) is 51.6 Å². The van der Waals surface area contributed by atoms with Gasteiger partial charge in [-0.15, -0.1) is 0 Å². The van der Waals surface area contributed by atoms with Gasteiger partial charge in [0.05, 0.1) is 11.8 Å². The van der Waals surface area contributed by atoms with Gasteiger partial charge in [-0.3, -0.25) is 9.80 Å². The Labute approximate surface area is 238 Å². The fourth-order valence-corrected chi connectivity index (χ4v) is 6.06. The normalized spacial score (nSPS) is 19.5. The van der Waals surface area contributed by atoms with Gasteiger partial charge < -0.3 is 20.6 Å². The second-order valence-electron chi connectivity index (χ2n) is 11.3. The Morgan fingerprint density at radius 1 is 0.900 bits per heavy atom. The molecule has 40 heavy (non-hydrogen) atoms. The summed E-state index contributed by atoms with van der Waals surface area (Å²) in [6, 6.07) is 29.1. The number of nitrogens with one attached hydrogen (secondary N) is 2. The van der Waals surface area contributed by atoms with Crippen LogP contribution < -0.4 is 10.6 Å². The van der Waals surface area contributed by atoms with Crippen molar-refractivity contribution in [1.29, 1.82) is 0 Å². The molecule has 2 atom stereocenters. The van der Waals surface area contributed by atoms with Gasteiger partial charge in [0.25, 0.3) is 0 Å². The standard InChI is InChI=1S/C33H43N5O2/c1-36(29-18-21-38(23-29)22-26-10-4-2-5-11-26)24-30(39)25-37-19-16-28(17-20-37)34-33(40)35-32-15-9-8-14-31(32)27-12-6-3-7-13-27/h2-15,28-30,39H,16-25H2,1H3,(H2,34,35,40)/t29-,30?/m0/s1. The number of amides is 2. The minimum Gasteiger partial charge on any atom is -0.390 e. The quantitative estimate of drug-likeness (QED) is 0.353. The molecule has 7 nitrogen and oxygen atoms in total. The summed E-state index contributed by atoms with van der Waals surface area (Å²) >= 11 is 0. The van der Waals surface area contributed by atoms with Crippen molar-refractivity contribution in [3.05, 3.63) is 90.5 Å². The molecule has 5 rings (SSSR count). The molecular formula is C33H43N5O2. The van der Waals surface area contributed by atoms with E-state index in [2.05, 4.69) is 74.8 Å². The number of aliphatic hydroxyl groups excluding tert-OH is 1. The third-order valence-electron chi connectivity index (χ3n) is 8.27. The summed E-state index contributed by atoms with van der Waals surface area (Å²) in [5.74, 6) is 0. The Bertz CT molecular complexity index is 1200. The molecule has 0 spiro atoms. The number of carbonyl (C=O) groups excluding carboxylic acids is 1. The summed E-state index contributed by atoms with van der Waals surface area (Å²) < 4.78 is 0. The highest BCUT2D eigenvalue weighted by Crippen LogP contribution is 2.27. The maximum absolute atomic E-state index is 12.8. The lowest BCUT2D eigenvalue weighted by Crippen LogP contribution is -2.49. The van der Waals surface area contributed by atoms with Crippen molar-refractivity contribution in [2.24, 2.45) is 0 Å². The summed E-state index contributed by atoms with van der Waals surface area (Å²) in [6.45, 7) is 6.26. The number of nitrogens with zero attached hydrogens (tertiary/aromatic N) is 3. The van der Waals surface area contributed by atoms with E-state index in [-0.39, 0.29) is 18.2 Å². The van der Waals surface area contributed by atoms with Crippen LogP contribution in [0.15, 0.2) is 84.9 Å². The van der Waals surface area contributed by atoms with E-state index in [1.165, 1.54) is 5.56 Å². The molecule has 2 amide bonds. The van der Waals surface area contributed by atoms with Gasteiger partial charge in [0.1, 0.15) is 0 Å². The number of hydrogen-bond donors (Lipinski definition) is 3. The van der Waals surface area contributed by atoms with Crippen molar-refractivity contribution in [1.82, 2.24) is 20.0 Å². The number of β-amino-alcohol motifs (C(OH)–C–C–N with tert-alkyl or cyclic N) is 1. The number of urea groups is 1. The molecule has 3 N–H and O–H groups in total. The first-order valence-electron chi connectivity index (χ1n) is 14.6. The van der Waals surface area contributed by atoms with Crippen LogP contribution in [-0.2, 0) is 6.54 Å². The molecular weight excluding hydrogens is 498 g/mol.